The van der Waals surface area contributed by atoms with Crippen molar-refractivity contribution in [3.8, 4) is 0 Å². The van der Waals surface area contributed by atoms with Gasteiger partial charge in [-0.3, -0.25) is 9.63 Å². The Balaban J connectivity index is 1.84. The molecule has 2 fully saturated rings. The molecule has 0 aromatic heterocycles. The summed E-state index contributed by atoms with van der Waals surface area (Å²) in [5.41, 5.74) is 0.398. The van der Waals surface area contributed by atoms with Crippen molar-refractivity contribution in [1.82, 2.24) is 9.37 Å². The SMILES string of the molecule is CON(C)S(=O)(=O)c1cccc(C(=O)N(C)C(C2CC2)C2CC2)c1. The predicted octanol–water partition coefficient (Wildman–Crippen LogP) is 2.13. The van der Waals surface area contributed by atoms with Crippen molar-refractivity contribution in [1.29, 1.82) is 0 Å². The molecular formula is C17H24N2O4S. The van der Waals surface area contributed by atoms with Gasteiger partial charge in [-0.25, -0.2) is 8.42 Å². The van der Waals surface area contributed by atoms with Crippen LogP contribution in [0.1, 0.15) is 36.0 Å². The molecule has 7 heteroatoms. The molecule has 0 N–H and O–H groups in total. The number of nitrogens with zero attached hydrogens (tertiary/aromatic N) is 2. The number of benzene rings is 1. The molecule has 132 valence electrons. The van der Waals surface area contributed by atoms with Crippen molar-refractivity contribution in [2.45, 2.75) is 36.6 Å². The van der Waals surface area contributed by atoms with Gasteiger partial charge >= 0.3 is 0 Å². The largest absolute Gasteiger partial charge is 0.338 e. The molecule has 3 rings (SSSR count). The van der Waals surface area contributed by atoms with Crippen LogP contribution in [0.25, 0.3) is 0 Å². The maximum atomic E-state index is 12.9. The van der Waals surface area contributed by atoms with Crippen LogP contribution in [0, 0.1) is 11.8 Å². The van der Waals surface area contributed by atoms with Crippen molar-refractivity contribution in [2.75, 3.05) is 21.2 Å². The molecule has 1 aromatic rings. The molecule has 0 radical (unpaired) electrons. The first kappa shape index (κ1) is 17.4. The number of sulfonamides is 1. The molecular weight excluding hydrogens is 328 g/mol. The first-order chi connectivity index (χ1) is 11.4. The van der Waals surface area contributed by atoms with Gasteiger partial charge in [-0.1, -0.05) is 10.5 Å². The van der Waals surface area contributed by atoms with Crippen molar-refractivity contribution in [3.05, 3.63) is 29.8 Å². The van der Waals surface area contributed by atoms with Gasteiger partial charge in [-0.05, 0) is 55.7 Å². The number of hydrogen-bond donors (Lipinski definition) is 0. The fraction of sp³-hybridized carbons (Fsp3) is 0.588. The summed E-state index contributed by atoms with van der Waals surface area (Å²) in [7, 11) is 0.694. The zero-order valence-electron chi connectivity index (χ0n) is 14.3. The van der Waals surface area contributed by atoms with Crippen molar-refractivity contribution in [3.63, 3.8) is 0 Å². The van der Waals surface area contributed by atoms with Crippen LogP contribution in [0.5, 0.6) is 0 Å². The van der Waals surface area contributed by atoms with Crippen LogP contribution in [0.2, 0.25) is 0 Å². The van der Waals surface area contributed by atoms with Crippen LogP contribution in [0.4, 0.5) is 0 Å². The number of amides is 1. The third-order valence-corrected chi connectivity index (χ3v) is 6.63. The zero-order chi connectivity index (χ0) is 17.5. The van der Waals surface area contributed by atoms with E-state index in [-0.39, 0.29) is 10.8 Å². The van der Waals surface area contributed by atoms with Gasteiger partial charge in [0.15, 0.2) is 0 Å². The summed E-state index contributed by atoms with van der Waals surface area (Å²) in [6.45, 7) is 0. The Bertz CT molecular complexity index is 714. The molecule has 0 bridgehead atoms. The van der Waals surface area contributed by atoms with Gasteiger partial charge in [-0.15, -0.1) is 0 Å². The molecule has 1 amide bonds. The van der Waals surface area contributed by atoms with Gasteiger partial charge in [0.25, 0.3) is 15.9 Å². The highest BCUT2D eigenvalue weighted by atomic mass is 32.2. The molecule has 0 aliphatic heterocycles. The van der Waals surface area contributed by atoms with Crippen LogP contribution >= 0.6 is 0 Å². The quantitative estimate of drug-likeness (QED) is 0.705. The maximum absolute atomic E-state index is 12.9. The Labute approximate surface area is 143 Å². The molecule has 0 heterocycles. The van der Waals surface area contributed by atoms with E-state index >= 15 is 0 Å². The molecule has 2 saturated carbocycles. The highest BCUT2D eigenvalue weighted by Gasteiger charge is 2.45. The minimum Gasteiger partial charge on any atom is -0.338 e. The van der Waals surface area contributed by atoms with Gasteiger partial charge in [0.1, 0.15) is 0 Å². The molecule has 6 nitrogen and oxygen atoms in total. The molecule has 0 unspecified atom stereocenters. The summed E-state index contributed by atoms with van der Waals surface area (Å²) in [6, 6.07) is 6.46. The molecule has 0 atom stereocenters. The summed E-state index contributed by atoms with van der Waals surface area (Å²) in [5, 5.41) is 0. The van der Waals surface area contributed by atoms with Gasteiger partial charge in [0.05, 0.1) is 12.0 Å². The summed E-state index contributed by atoms with van der Waals surface area (Å²) >= 11 is 0. The van der Waals surface area contributed by atoms with E-state index in [0.717, 1.165) is 4.47 Å². The van der Waals surface area contributed by atoms with Crippen LogP contribution in [0.15, 0.2) is 29.2 Å². The normalized spacial score (nSPS) is 18.2. The Kier molecular flexibility index (Phi) is 4.68. The molecule has 0 saturated heterocycles. The fourth-order valence-electron chi connectivity index (χ4n) is 3.27. The summed E-state index contributed by atoms with van der Waals surface area (Å²) < 4.78 is 25.5. The molecule has 1 aromatic carbocycles. The van der Waals surface area contributed by atoms with Crippen molar-refractivity contribution in [2.24, 2.45) is 11.8 Å². The van der Waals surface area contributed by atoms with Gasteiger partial charge < -0.3 is 4.90 Å². The Morgan fingerprint density at radius 1 is 1.17 bits per heavy atom. The van der Waals surface area contributed by atoms with Gasteiger partial charge in [-0.2, -0.15) is 0 Å². The summed E-state index contributed by atoms with van der Waals surface area (Å²) in [4.78, 5) is 19.5. The second kappa shape index (κ2) is 6.46. The topological polar surface area (TPSA) is 66.9 Å². The van der Waals surface area contributed by atoms with Gasteiger partial charge in [0, 0.05) is 25.7 Å². The van der Waals surface area contributed by atoms with Gasteiger partial charge in [0.2, 0.25) is 0 Å². The number of carbonyl (C=O) groups excluding carboxylic acids is 1. The molecule has 2 aliphatic rings. The number of rotatable bonds is 7. The van der Waals surface area contributed by atoms with Crippen LogP contribution in [0.3, 0.4) is 0 Å². The Morgan fingerprint density at radius 2 is 1.75 bits per heavy atom. The van der Waals surface area contributed by atoms with E-state index < -0.39 is 10.0 Å². The van der Waals surface area contributed by atoms with Crippen molar-refractivity contribution >= 4 is 15.9 Å². The molecule has 0 spiro atoms. The average molecular weight is 352 g/mol. The smallest absolute Gasteiger partial charge is 0.264 e. The number of hydrogen-bond acceptors (Lipinski definition) is 4. The molecule has 24 heavy (non-hydrogen) atoms. The van der Waals surface area contributed by atoms with E-state index in [1.165, 1.54) is 52.0 Å². The zero-order valence-corrected chi connectivity index (χ0v) is 15.1. The first-order valence-corrected chi connectivity index (χ1v) is 9.70. The average Bonchev–Trinajstić information content (AvgIpc) is 3.48. The monoisotopic (exact) mass is 352 g/mol. The summed E-state index contributed by atoms with van der Waals surface area (Å²) in [6.07, 6.45) is 4.75. The van der Waals surface area contributed by atoms with E-state index in [0.29, 0.717) is 23.4 Å². The van der Waals surface area contributed by atoms with E-state index in [4.69, 9.17) is 4.84 Å². The lowest BCUT2D eigenvalue weighted by Gasteiger charge is -2.28. The second-order valence-electron chi connectivity index (χ2n) is 6.71. The fourth-order valence-corrected chi connectivity index (χ4v) is 4.29. The van der Waals surface area contributed by atoms with E-state index in [1.54, 1.807) is 12.1 Å². The third-order valence-electron chi connectivity index (χ3n) is 4.95. The van der Waals surface area contributed by atoms with E-state index in [9.17, 15) is 13.2 Å². The molecule has 2 aliphatic carbocycles. The first-order valence-electron chi connectivity index (χ1n) is 8.26. The van der Waals surface area contributed by atoms with Crippen molar-refractivity contribution < 1.29 is 18.0 Å². The lowest BCUT2D eigenvalue weighted by Crippen LogP contribution is -2.40. The lowest BCUT2D eigenvalue weighted by atomic mass is 10.0. The Hall–Kier alpha value is -1.44. The minimum atomic E-state index is -3.76. The number of hydroxylamine groups is 1. The van der Waals surface area contributed by atoms with E-state index in [2.05, 4.69) is 0 Å². The summed E-state index contributed by atoms with van der Waals surface area (Å²) in [5.74, 6) is 1.10. The number of carbonyl (C=O) groups is 1. The van der Waals surface area contributed by atoms with Crippen LogP contribution in [-0.2, 0) is 14.9 Å². The highest BCUT2D eigenvalue weighted by Crippen LogP contribution is 2.47. The predicted molar refractivity (Wildman–Crippen MR) is 89.7 cm³/mol. The van der Waals surface area contributed by atoms with E-state index in [1.807, 2.05) is 11.9 Å². The van der Waals surface area contributed by atoms with Crippen LogP contribution in [-0.4, -0.2) is 50.9 Å². The Morgan fingerprint density at radius 3 is 2.25 bits per heavy atom. The highest BCUT2D eigenvalue weighted by molar-refractivity contribution is 7.89. The van der Waals surface area contributed by atoms with Crippen LogP contribution < -0.4 is 0 Å². The minimum absolute atomic E-state index is 0.0560. The maximum Gasteiger partial charge on any atom is 0.264 e. The second-order valence-corrected chi connectivity index (χ2v) is 8.64. The standard InChI is InChI=1S/C17H24N2O4S/c1-18(16(12-7-8-12)13-9-10-13)17(20)14-5-4-6-15(11-14)24(21,22)19(2)23-3/h4-6,11-13,16H,7-10H2,1-3H3. The third kappa shape index (κ3) is 3.34. The lowest BCUT2D eigenvalue weighted by molar-refractivity contribution is -0.0258.